The van der Waals surface area contributed by atoms with Crippen LogP contribution in [0.25, 0.3) is 0 Å². The Kier molecular flexibility index (Phi) is 6.42. The molecular weight excluding hydrogens is 323 g/mol. The van der Waals surface area contributed by atoms with Gasteiger partial charge in [-0.25, -0.2) is 4.39 Å². The number of rotatable bonds is 6. The molecule has 2 unspecified atom stereocenters. The lowest BCUT2D eigenvalue weighted by atomic mass is 9.98. The van der Waals surface area contributed by atoms with Gasteiger partial charge in [-0.1, -0.05) is 22.0 Å². The number of hydrogen-bond acceptors (Lipinski definition) is 3. The molecule has 5 heteroatoms. The van der Waals surface area contributed by atoms with Crippen molar-refractivity contribution in [3.8, 4) is 0 Å². The maximum absolute atomic E-state index is 13.1. The van der Waals surface area contributed by atoms with Gasteiger partial charge in [-0.2, -0.15) is 0 Å². The number of benzene rings is 1. The topological polar surface area (TPSA) is 47.3 Å². The van der Waals surface area contributed by atoms with Gasteiger partial charge in [0.15, 0.2) is 0 Å². The Morgan fingerprint density at radius 1 is 1.45 bits per heavy atom. The predicted octanol–water partition coefficient (Wildman–Crippen LogP) is 3.31. The van der Waals surface area contributed by atoms with Gasteiger partial charge in [0.2, 0.25) is 0 Å². The van der Waals surface area contributed by atoms with Crippen LogP contribution in [0, 0.1) is 5.82 Å². The van der Waals surface area contributed by atoms with Crippen LogP contribution in [-0.4, -0.2) is 18.8 Å². The van der Waals surface area contributed by atoms with Crippen molar-refractivity contribution in [1.82, 2.24) is 5.43 Å². The molecule has 1 aliphatic heterocycles. The molecule has 0 bridgehead atoms. The molecule has 1 aromatic carbocycles. The van der Waals surface area contributed by atoms with Crippen LogP contribution in [0.2, 0.25) is 0 Å². The van der Waals surface area contributed by atoms with E-state index in [2.05, 4.69) is 21.4 Å². The lowest BCUT2D eigenvalue weighted by Gasteiger charge is -2.25. The van der Waals surface area contributed by atoms with Gasteiger partial charge >= 0.3 is 0 Å². The molecule has 1 aromatic rings. The summed E-state index contributed by atoms with van der Waals surface area (Å²) >= 11 is 3.40. The summed E-state index contributed by atoms with van der Waals surface area (Å²) in [7, 11) is 0. The van der Waals surface area contributed by atoms with E-state index in [-0.39, 0.29) is 11.9 Å². The largest absolute Gasteiger partial charge is 0.378 e. The number of hydrogen-bond donors (Lipinski definition) is 2. The van der Waals surface area contributed by atoms with E-state index in [0.29, 0.717) is 6.10 Å². The van der Waals surface area contributed by atoms with Crippen LogP contribution >= 0.6 is 15.9 Å². The zero-order valence-corrected chi connectivity index (χ0v) is 13.2. The average molecular weight is 345 g/mol. The molecule has 2 atom stereocenters. The van der Waals surface area contributed by atoms with Gasteiger partial charge in [-0.3, -0.25) is 11.3 Å². The van der Waals surface area contributed by atoms with E-state index in [1.807, 2.05) is 0 Å². The van der Waals surface area contributed by atoms with Crippen molar-refractivity contribution in [3.63, 3.8) is 0 Å². The number of ether oxygens (including phenoxy) is 1. The SMILES string of the molecule is NNC(CCC1CCCCO1)Cc1ccc(F)cc1Br. The fraction of sp³-hybridized carbons (Fsp3) is 0.600. The van der Waals surface area contributed by atoms with Crippen molar-refractivity contribution in [1.29, 1.82) is 0 Å². The number of nitrogens with two attached hydrogens (primary N) is 1. The van der Waals surface area contributed by atoms with Crippen molar-refractivity contribution < 1.29 is 9.13 Å². The molecule has 0 spiro atoms. The summed E-state index contributed by atoms with van der Waals surface area (Å²) in [5, 5.41) is 0. The van der Waals surface area contributed by atoms with Crippen LogP contribution in [0.5, 0.6) is 0 Å². The van der Waals surface area contributed by atoms with E-state index in [1.165, 1.54) is 25.0 Å². The highest BCUT2D eigenvalue weighted by atomic mass is 79.9. The van der Waals surface area contributed by atoms with Crippen LogP contribution in [0.15, 0.2) is 22.7 Å². The van der Waals surface area contributed by atoms with Gasteiger partial charge in [0, 0.05) is 17.1 Å². The summed E-state index contributed by atoms with van der Waals surface area (Å²) in [6.45, 7) is 0.884. The third-order valence-electron chi connectivity index (χ3n) is 3.83. The van der Waals surface area contributed by atoms with E-state index in [0.717, 1.165) is 42.3 Å². The summed E-state index contributed by atoms with van der Waals surface area (Å²) in [6.07, 6.45) is 6.73. The van der Waals surface area contributed by atoms with Crippen LogP contribution < -0.4 is 11.3 Å². The fourth-order valence-corrected chi connectivity index (χ4v) is 3.13. The van der Waals surface area contributed by atoms with Crippen molar-refractivity contribution >= 4 is 15.9 Å². The molecule has 3 nitrogen and oxygen atoms in total. The van der Waals surface area contributed by atoms with Crippen LogP contribution in [0.1, 0.15) is 37.7 Å². The minimum absolute atomic E-state index is 0.183. The molecule has 0 amide bonds. The smallest absolute Gasteiger partial charge is 0.124 e. The number of hydrazine groups is 1. The second-order valence-electron chi connectivity index (χ2n) is 5.37. The van der Waals surface area contributed by atoms with Crippen LogP contribution in [-0.2, 0) is 11.2 Å². The van der Waals surface area contributed by atoms with E-state index in [1.54, 1.807) is 6.07 Å². The van der Waals surface area contributed by atoms with Crippen molar-refractivity contribution in [2.24, 2.45) is 5.84 Å². The Labute approximate surface area is 128 Å². The first-order valence-corrected chi connectivity index (χ1v) is 8.00. The number of halogens is 2. The highest BCUT2D eigenvalue weighted by Crippen LogP contribution is 2.22. The Hall–Kier alpha value is -0.490. The van der Waals surface area contributed by atoms with Gasteiger partial charge in [0.1, 0.15) is 5.82 Å². The van der Waals surface area contributed by atoms with Gasteiger partial charge in [0.05, 0.1) is 6.10 Å². The summed E-state index contributed by atoms with van der Waals surface area (Å²) in [6, 6.07) is 4.97. The molecule has 0 saturated carbocycles. The molecule has 3 N–H and O–H groups in total. The summed E-state index contributed by atoms with van der Waals surface area (Å²) in [4.78, 5) is 0. The number of nitrogens with one attached hydrogen (secondary N) is 1. The molecule has 2 rings (SSSR count). The maximum Gasteiger partial charge on any atom is 0.124 e. The molecular formula is C15H22BrFN2O. The minimum atomic E-state index is -0.228. The zero-order valence-electron chi connectivity index (χ0n) is 11.6. The highest BCUT2D eigenvalue weighted by Gasteiger charge is 2.17. The first-order valence-electron chi connectivity index (χ1n) is 7.20. The summed E-state index contributed by atoms with van der Waals surface area (Å²) in [5.41, 5.74) is 3.93. The third-order valence-corrected chi connectivity index (χ3v) is 4.57. The second-order valence-corrected chi connectivity index (χ2v) is 6.22. The van der Waals surface area contributed by atoms with E-state index < -0.39 is 0 Å². The molecule has 0 radical (unpaired) electrons. The molecule has 0 aliphatic carbocycles. The fourth-order valence-electron chi connectivity index (χ4n) is 2.62. The zero-order chi connectivity index (χ0) is 14.4. The Bertz CT molecular complexity index is 424. The lowest BCUT2D eigenvalue weighted by molar-refractivity contribution is 0.00858. The molecule has 1 aliphatic rings. The molecule has 112 valence electrons. The summed E-state index contributed by atoms with van der Waals surface area (Å²) in [5.74, 6) is 5.41. The molecule has 1 fully saturated rings. The summed E-state index contributed by atoms with van der Waals surface area (Å²) < 4.78 is 19.6. The molecule has 20 heavy (non-hydrogen) atoms. The van der Waals surface area contributed by atoms with Crippen LogP contribution in [0.3, 0.4) is 0 Å². The average Bonchev–Trinajstić information content (AvgIpc) is 2.46. The lowest BCUT2D eigenvalue weighted by Crippen LogP contribution is -2.37. The minimum Gasteiger partial charge on any atom is -0.378 e. The molecule has 0 aromatic heterocycles. The maximum atomic E-state index is 13.1. The predicted molar refractivity (Wildman–Crippen MR) is 81.7 cm³/mol. The molecule has 1 heterocycles. The third kappa shape index (κ3) is 4.81. The normalized spacial score (nSPS) is 20.9. The highest BCUT2D eigenvalue weighted by molar-refractivity contribution is 9.10. The quantitative estimate of drug-likeness (QED) is 0.614. The van der Waals surface area contributed by atoms with Gasteiger partial charge in [0.25, 0.3) is 0 Å². The van der Waals surface area contributed by atoms with Gasteiger partial charge in [-0.05, 0) is 56.2 Å². The monoisotopic (exact) mass is 344 g/mol. The Morgan fingerprint density at radius 3 is 2.95 bits per heavy atom. The van der Waals surface area contributed by atoms with Gasteiger partial charge < -0.3 is 4.74 Å². The Morgan fingerprint density at radius 2 is 2.30 bits per heavy atom. The van der Waals surface area contributed by atoms with Crippen molar-refractivity contribution in [2.45, 2.75) is 50.7 Å². The first kappa shape index (κ1) is 15.9. The molecule has 1 saturated heterocycles. The Balaban J connectivity index is 1.84. The van der Waals surface area contributed by atoms with E-state index >= 15 is 0 Å². The van der Waals surface area contributed by atoms with E-state index in [4.69, 9.17) is 10.6 Å². The first-order chi connectivity index (χ1) is 9.69. The van der Waals surface area contributed by atoms with Crippen molar-refractivity contribution in [3.05, 3.63) is 34.1 Å². The standard InChI is InChI=1S/C15H22BrFN2O/c16-15-10-12(17)5-4-11(15)9-13(19-18)6-7-14-3-1-2-8-20-14/h4-5,10,13-14,19H,1-3,6-9,18H2. The van der Waals surface area contributed by atoms with Crippen LogP contribution in [0.4, 0.5) is 4.39 Å². The van der Waals surface area contributed by atoms with Crippen molar-refractivity contribution in [2.75, 3.05) is 6.61 Å². The second kappa shape index (κ2) is 8.08. The van der Waals surface area contributed by atoms with E-state index in [9.17, 15) is 4.39 Å². The van der Waals surface area contributed by atoms with Gasteiger partial charge in [-0.15, -0.1) is 0 Å².